The molecular formula is C9H10INO. The van der Waals surface area contributed by atoms with E-state index in [2.05, 4.69) is 5.32 Å². The van der Waals surface area contributed by atoms with Crippen molar-refractivity contribution in [2.75, 3.05) is 11.9 Å². The van der Waals surface area contributed by atoms with Gasteiger partial charge in [0.05, 0.1) is 9.26 Å². The van der Waals surface area contributed by atoms with Gasteiger partial charge in [-0.2, -0.15) is 0 Å². The second-order valence-electron chi connectivity index (χ2n) is 2.34. The van der Waals surface area contributed by atoms with Crippen LogP contribution in [-0.2, 0) is 0 Å². The number of rotatable bonds is 2. The van der Waals surface area contributed by atoms with Gasteiger partial charge >= 0.3 is 0 Å². The summed E-state index contributed by atoms with van der Waals surface area (Å²) in [5.74, 6) is 0. The third kappa shape index (κ3) is 2.20. The second kappa shape index (κ2) is 4.45. The lowest BCUT2D eigenvalue weighted by atomic mass is 10.4. The molecule has 0 aliphatic heterocycles. The highest BCUT2D eigenvalue weighted by Crippen LogP contribution is 2.02. The molecular weight excluding hydrogens is 265 g/mol. The van der Waals surface area contributed by atoms with E-state index in [1.54, 1.807) is 6.07 Å². The summed E-state index contributed by atoms with van der Waals surface area (Å²) in [6.45, 7) is 2.74. The Bertz CT molecular complexity index is 325. The molecule has 3 heteroatoms. The van der Waals surface area contributed by atoms with E-state index in [0.29, 0.717) is 5.69 Å². The molecule has 12 heavy (non-hydrogen) atoms. The fraction of sp³-hybridized carbons (Fsp3) is 0.222. The van der Waals surface area contributed by atoms with E-state index in [1.165, 1.54) is 0 Å². The van der Waals surface area contributed by atoms with Crippen molar-refractivity contribution in [2.24, 2.45) is 0 Å². The SMILES string of the molecule is CCNc1ccccc(I)c1=O. The van der Waals surface area contributed by atoms with Crippen molar-refractivity contribution in [2.45, 2.75) is 6.92 Å². The average molecular weight is 275 g/mol. The molecule has 0 radical (unpaired) electrons. The molecule has 0 saturated heterocycles. The molecule has 0 bridgehead atoms. The molecule has 0 saturated carbocycles. The fourth-order valence-electron chi connectivity index (χ4n) is 0.901. The van der Waals surface area contributed by atoms with Crippen molar-refractivity contribution in [1.82, 2.24) is 0 Å². The van der Waals surface area contributed by atoms with Crippen molar-refractivity contribution < 1.29 is 0 Å². The minimum atomic E-state index is 0.0717. The summed E-state index contributed by atoms with van der Waals surface area (Å²) in [6, 6.07) is 7.34. The summed E-state index contributed by atoms with van der Waals surface area (Å²) in [7, 11) is 0. The standard InChI is InChI=1S/C9H10INO/c1-2-11-8-6-4-3-5-7(10)9(8)12/h3-6H,2H2,1H3,(H,11,12). The van der Waals surface area contributed by atoms with Crippen molar-refractivity contribution in [3.05, 3.63) is 38.1 Å². The van der Waals surface area contributed by atoms with Gasteiger partial charge in [0.2, 0.25) is 5.43 Å². The lowest BCUT2D eigenvalue weighted by Crippen LogP contribution is -2.10. The summed E-state index contributed by atoms with van der Waals surface area (Å²) in [4.78, 5) is 11.5. The number of anilines is 1. The molecule has 0 atom stereocenters. The smallest absolute Gasteiger partial charge is 0.214 e. The van der Waals surface area contributed by atoms with Gasteiger partial charge in [0.15, 0.2) is 0 Å². The van der Waals surface area contributed by atoms with Gasteiger partial charge in [-0.1, -0.05) is 12.1 Å². The van der Waals surface area contributed by atoms with E-state index >= 15 is 0 Å². The molecule has 1 N–H and O–H groups in total. The molecule has 64 valence electrons. The van der Waals surface area contributed by atoms with Crippen LogP contribution in [0.3, 0.4) is 0 Å². The Kier molecular flexibility index (Phi) is 3.52. The molecule has 0 aromatic heterocycles. The summed E-state index contributed by atoms with van der Waals surface area (Å²) >= 11 is 2.04. The molecule has 0 amide bonds. The molecule has 2 nitrogen and oxygen atoms in total. The summed E-state index contributed by atoms with van der Waals surface area (Å²) in [6.07, 6.45) is 0. The van der Waals surface area contributed by atoms with Gasteiger partial charge in [-0.3, -0.25) is 4.79 Å². The zero-order chi connectivity index (χ0) is 8.97. The summed E-state index contributed by atoms with van der Waals surface area (Å²) < 4.78 is 0.744. The van der Waals surface area contributed by atoms with E-state index in [1.807, 2.05) is 47.7 Å². The summed E-state index contributed by atoms with van der Waals surface area (Å²) in [5.41, 5.74) is 0.745. The van der Waals surface area contributed by atoms with Gasteiger partial charge < -0.3 is 5.32 Å². The van der Waals surface area contributed by atoms with Gasteiger partial charge in [0.25, 0.3) is 0 Å². The Morgan fingerprint density at radius 2 is 2.08 bits per heavy atom. The van der Waals surface area contributed by atoms with Crippen LogP contribution in [-0.4, -0.2) is 6.54 Å². The summed E-state index contributed by atoms with van der Waals surface area (Å²) in [5, 5.41) is 3.02. The second-order valence-corrected chi connectivity index (χ2v) is 3.50. The van der Waals surface area contributed by atoms with E-state index in [4.69, 9.17) is 0 Å². The monoisotopic (exact) mass is 275 g/mol. The molecule has 0 heterocycles. The van der Waals surface area contributed by atoms with Crippen LogP contribution in [0.1, 0.15) is 6.92 Å². The first-order valence-corrected chi connectivity index (χ1v) is 4.86. The maximum absolute atomic E-state index is 11.5. The highest BCUT2D eigenvalue weighted by Gasteiger charge is 1.97. The van der Waals surface area contributed by atoms with Crippen LogP contribution < -0.4 is 10.7 Å². The maximum atomic E-state index is 11.5. The Labute approximate surface area is 85.1 Å². The van der Waals surface area contributed by atoms with Crippen LogP contribution >= 0.6 is 22.6 Å². The molecule has 1 aromatic carbocycles. The normalized spacial score (nSPS) is 9.50. The Morgan fingerprint density at radius 1 is 1.42 bits per heavy atom. The quantitative estimate of drug-likeness (QED) is 0.837. The third-order valence-corrected chi connectivity index (χ3v) is 2.29. The van der Waals surface area contributed by atoms with Gasteiger partial charge in [-0.25, -0.2) is 0 Å². The van der Waals surface area contributed by atoms with Crippen molar-refractivity contribution in [3.8, 4) is 0 Å². The first-order chi connectivity index (χ1) is 5.75. The zero-order valence-electron chi connectivity index (χ0n) is 6.80. The predicted octanol–water partition coefficient (Wildman–Crippen LogP) is 2.08. The molecule has 0 spiro atoms. The fourth-order valence-corrected chi connectivity index (χ4v) is 1.40. The topological polar surface area (TPSA) is 29.1 Å². The maximum Gasteiger partial charge on any atom is 0.214 e. The van der Waals surface area contributed by atoms with Crippen LogP contribution in [0.15, 0.2) is 29.1 Å². The lowest BCUT2D eigenvalue weighted by molar-refractivity contribution is 1.21. The lowest BCUT2D eigenvalue weighted by Gasteiger charge is -1.96. The van der Waals surface area contributed by atoms with E-state index < -0.39 is 0 Å². The first kappa shape index (κ1) is 9.51. The number of nitrogens with one attached hydrogen (secondary N) is 1. The van der Waals surface area contributed by atoms with Crippen LogP contribution in [0.25, 0.3) is 0 Å². The largest absolute Gasteiger partial charge is 0.382 e. The van der Waals surface area contributed by atoms with Gasteiger partial charge in [-0.05, 0) is 41.6 Å². The Balaban J connectivity index is 3.23. The number of hydrogen-bond acceptors (Lipinski definition) is 2. The van der Waals surface area contributed by atoms with Crippen molar-refractivity contribution in [1.29, 1.82) is 0 Å². The van der Waals surface area contributed by atoms with Crippen molar-refractivity contribution in [3.63, 3.8) is 0 Å². The Morgan fingerprint density at radius 3 is 2.75 bits per heavy atom. The molecule has 0 aliphatic carbocycles. The number of halogens is 1. The Hall–Kier alpha value is -0.580. The van der Waals surface area contributed by atoms with E-state index in [-0.39, 0.29) is 5.43 Å². The van der Waals surface area contributed by atoms with Crippen LogP contribution in [0, 0.1) is 3.57 Å². The molecule has 0 aliphatic rings. The minimum Gasteiger partial charge on any atom is -0.382 e. The average Bonchev–Trinajstić information content (AvgIpc) is 2.20. The highest BCUT2D eigenvalue weighted by molar-refractivity contribution is 14.1. The minimum absolute atomic E-state index is 0.0717. The molecule has 0 fully saturated rings. The zero-order valence-corrected chi connectivity index (χ0v) is 8.96. The molecule has 0 unspecified atom stereocenters. The highest BCUT2D eigenvalue weighted by atomic mass is 127. The van der Waals surface area contributed by atoms with Gasteiger partial charge in [0.1, 0.15) is 0 Å². The van der Waals surface area contributed by atoms with Crippen LogP contribution in [0.2, 0.25) is 0 Å². The van der Waals surface area contributed by atoms with Crippen LogP contribution in [0.4, 0.5) is 5.69 Å². The van der Waals surface area contributed by atoms with Crippen molar-refractivity contribution >= 4 is 28.3 Å². The third-order valence-electron chi connectivity index (χ3n) is 1.45. The molecule has 1 aromatic rings. The van der Waals surface area contributed by atoms with Gasteiger partial charge in [-0.15, -0.1) is 0 Å². The van der Waals surface area contributed by atoms with E-state index in [0.717, 1.165) is 10.1 Å². The first-order valence-electron chi connectivity index (χ1n) is 3.78. The van der Waals surface area contributed by atoms with Gasteiger partial charge in [0, 0.05) is 6.54 Å². The van der Waals surface area contributed by atoms with E-state index in [9.17, 15) is 4.79 Å². The molecule has 1 rings (SSSR count). The number of hydrogen-bond donors (Lipinski definition) is 1. The van der Waals surface area contributed by atoms with Crippen LogP contribution in [0.5, 0.6) is 0 Å². The predicted molar refractivity (Wildman–Crippen MR) is 59.6 cm³/mol.